The highest BCUT2D eigenvalue weighted by Crippen LogP contribution is 2.44. The summed E-state index contributed by atoms with van der Waals surface area (Å²) in [4.78, 5) is 18.8. The number of carbonyl (C=O) groups is 1. The average Bonchev–Trinajstić information content (AvgIpc) is 2.87. The maximum absolute atomic E-state index is 12.3. The maximum atomic E-state index is 12.3. The Morgan fingerprint density at radius 1 is 1.30 bits per heavy atom. The van der Waals surface area contributed by atoms with Gasteiger partial charge in [-0.05, 0) is 18.4 Å². The fourth-order valence-electron chi connectivity index (χ4n) is 3.33. The number of carbonyl (C=O) groups excluding carboxylic acids is 1. The summed E-state index contributed by atoms with van der Waals surface area (Å²) in [6.07, 6.45) is 2.03. The van der Waals surface area contributed by atoms with Crippen LogP contribution in [0.3, 0.4) is 0 Å². The van der Waals surface area contributed by atoms with E-state index in [0.717, 1.165) is 24.6 Å². The normalized spacial score (nSPS) is 32.6. The molecular formula is C15H16N2O2S. The summed E-state index contributed by atoms with van der Waals surface area (Å²) in [6.45, 7) is 0.776. The Kier molecular flexibility index (Phi) is 3.04. The first-order valence-corrected chi connectivity index (χ1v) is 8.02. The van der Waals surface area contributed by atoms with E-state index in [0.29, 0.717) is 5.75 Å². The van der Waals surface area contributed by atoms with Crippen LogP contribution < -0.4 is 0 Å². The molecule has 20 heavy (non-hydrogen) atoms. The van der Waals surface area contributed by atoms with E-state index in [2.05, 4.69) is 17.1 Å². The minimum absolute atomic E-state index is 0.0801. The van der Waals surface area contributed by atoms with Crippen molar-refractivity contribution in [1.82, 2.24) is 4.90 Å². The number of amides is 1. The number of fused-ring (bicyclic) bond motifs is 2. The van der Waals surface area contributed by atoms with E-state index in [1.54, 1.807) is 0 Å². The first-order valence-electron chi connectivity index (χ1n) is 7.04. The fourth-order valence-corrected chi connectivity index (χ4v) is 4.25. The zero-order chi connectivity index (χ0) is 13.5. The Morgan fingerprint density at radius 3 is 3.00 bits per heavy atom. The highest BCUT2D eigenvalue weighted by molar-refractivity contribution is 8.15. The minimum atomic E-state index is -0.0846. The van der Waals surface area contributed by atoms with Crippen LogP contribution in [0.2, 0.25) is 0 Å². The Morgan fingerprint density at radius 2 is 2.15 bits per heavy atom. The zero-order valence-electron chi connectivity index (χ0n) is 11.1. The summed E-state index contributed by atoms with van der Waals surface area (Å²) in [5, 5.41) is 0.840. The number of rotatable bonds is 1. The van der Waals surface area contributed by atoms with Gasteiger partial charge in [-0.15, -0.1) is 0 Å². The Labute approximate surface area is 122 Å². The van der Waals surface area contributed by atoms with E-state index in [1.807, 2.05) is 23.1 Å². The van der Waals surface area contributed by atoms with Crippen LogP contribution in [0, 0.1) is 5.92 Å². The summed E-state index contributed by atoms with van der Waals surface area (Å²) < 4.78 is 5.84. The fraction of sp³-hybridized carbons (Fsp3) is 0.467. The quantitative estimate of drug-likeness (QED) is 0.797. The smallest absolute Gasteiger partial charge is 0.239 e. The third kappa shape index (κ3) is 1.88. The highest BCUT2D eigenvalue weighted by atomic mass is 32.2. The molecule has 5 heteroatoms. The lowest BCUT2D eigenvalue weighted by Gasteiger charge is -2.43. The van der Waals surface area contributed by atoms with Gasteiger partial charge in [0, 0.05) is 12.5 Å². The average molecular weight is 288 g/mol. The second kappa shape index (κ2) is 4.90. The third-order valence-electron chi connectivity index (χ3n) is 4.20. The molecule has 3 unspecified atom stereocenters. The highest BCUT2D eigenvalue weighted by Gasteiger charge is 2.47. The van der Waals surface area contributed by atoms with Gasteiger partial charge in [-0.25, -0.2) is 4.99 Å². The van der Waals surface area contributed by atoms with Crippen LogP contribution in [0.25, 0.3) is 0 Å². The van der Waals surface area contributed by atoms with E-state index in [1.165, 1.54) is 17.3 Å². The van der Waals surface area contributed by atoms with E-state index < -0.39 is 0 Å². The van der Waals surface area contributed by atoms with Gasteiger partial charge in [-0.3, -0.25) is 9.69 Å². The molecule has 1 amide bonds. The molecule has 0 aromatic heterocycles. The van der Waals surface area contributed by atoms with Crippen LogP contribution in [0.5, 0.6) is 0 Å². The van der Waals surface area contributed by atoms with E-state index >= 15 is 0 Å². The van der Waals surface area contributed by atoms with Gasteiger partial charge in [-0.2, -0.15) is 0 Å². The van der Waals surface area contributed by atoms with Crippen LogP contribution in [-0.4, -0.2) is 34.6 Å². The lowest BCUT2D eigenvalue weighted by Crippen LogP contribution is -2.48. The van der Waals surface area contributed by atoms with Gasteiger partial charge < -0.3 is 4.74 Å². The van der Waals surface area contributed by atoms with Crippen molar-refractivity contribution in [1.29, 1.82) is 0 Å². The van der Waals surface area contributed by atoms with E-state index in [9.17, 15) is 4.79 Å². The van der Waals surface area contributed by atoms with Gasteiger partial charge in [0.2, 0.25) is 5.91 Å². The SMILES string of the molecule is O=C1CSC2=NC3OCCCC3C(c3ccccc3)N12. The van der Waals surface area contributed by atoms with Crippen LogP contribution in [0.4, 0.5) is 0 Å². The topological polar surface area (TPSA) is 41.9 Å². The standard InChI is InChI=1S/C15H16N2O2S/c18-12-9-20-15-16-14-11(7-4-8-19-14)13(17(12)15)10-5-2-1-3-6-10/h1-3,5-6,11,13-14H,4,7-9H2. The van der Waals surface area contributed by atoms with Gasteiger partial charge in [0.15, 0.2) is 11.4 Å². The second-order valence-electron chi connectivity index (χ2n) is 5.39. The molecule has 1 aromatic carbocycles. The van der Waals surface area contributed by atoms with Crippen molar-refractivity contribution < 1.29 is 9.53 Å². The maximum Gasteiger partial charge on any atom is 0.239 e. The van der Waals surface area contributed by atoms with Crippen molar-refractivity contribution in [2.45, 2.75) is 25.1 Å². The summed E-state index contributed by atoms with van der Waals surface area (Å²) >= 11 is 1.53. The number of hydrogen-bond donors (Lipinski definition) is 0. The molecule has 2 saturated heterocycles. The first kappa shape index (κ1) is 12.4. The molecule has 0 N–H and O–H groups in total. The number of benzene rings is 1. The molecule has 2 fully saturated rings. The Bertz CT molecular complexity index is 560. The van der Waals surface area contributed by atoms with Gasteiger partial charge in [-0.1, -0.05) is 42.1 Å². The van der Waals surface area contributed by atoms with Crippen molar-refractivity contribution in [2.75, 3.05) is 12.4 Å². The van der Waals surface area contributed by atoms with Crippen molar-refractivity contribution in [3.63, 3.8) is 0 Å². The largest absolute Gasteiger partial charge is 0.356 e. The molecular weight excluding hydrogens is 272 g/mol. The number of thioether (sulfide) groups is 1. The predicted molar refractivity (Wildman–Crippen MR) is 78.4 cm³/mol. The van der Waals surface area contributed by atoms with Crippen LogP contribution in [-0.2, 0) is 9.53 Å². The van der Waals surface area contributed by atoms with Crippen molar-refractivity contribution in [2.24, 2.45) is 10.9 Å². The van der Waals surface area contributed by atoms with E-state index in [4.69, 9.17) is 4.74 Å². The molecule has 3 aliphatic rings. The zero-order valence-corrected chi connectivity index (χ0v) is 11.9. The molecule has 0 aliphatic carbocycles. The number of aliphatic imine (C=N–C) groups is 1. The van der Waals surface area contributed by atoms with E-state index in [-0.39, 0.29) is 24.1 Å². The molecule has 0 radical (unpaired) electrons. The van der Waals surface area contributed by atoms with Gasteiger partial charge >= 0.3 is 0 Å². The number of ether oxygens (including phenoxy) is 1. The minimum Gasteiger partial charge on any atom is -0.356 e. The monoisotopic (exact) mass is 288 g/mol. The molecule has 4 rings (SSSR count). The summed E-state index contributed by atoms with van der Waals surface area (Å²) in [5.41, 5.74) is 1.19. The lowest BCUT2D eigenvalue weighted by atomic mass is 9.84. The van der Waals surface area contributed by atoms with Crippen molar-refractivity contribution in [3.8, 4) is 0 Å². The Hall–Kier alpha value is -1.33. The molecule has 1 aromatic rings. The second-order valence-corrected chi connectivity index (χ2v) is 6.33. The van der Waals surface area contributed by atoms with Crippen LogP contribution >= 0.6 is 11.8 Å². The number of hydrogen-bond acceptors (Lipinski definition) is 4. The summed E-state index contributed by atoms with van der Waals surface area (Å²) in [5.74, 6) is 0.950. The summed E-state index contributed by atoms with van der Waals surface area (Å²) in [7, 11) is 0. The Balaban J connectivity index is 1.80. The molecule has 3 atom stereocenters. The molecule has 0 spiro atoms. The van der Waals surface area contributed by atoms with Gasteiger partial charge in [0.25, 0.3) is 0 Å². The lowest BCUT2D eigenvalue weighted by molar-refractivity contribution is -0.130. The van der Waals surface area contributed by atoms with Crippen molar-refractivity contribution in [3.05, 3.63) is 35.9 Å². The number of nitrogens with zero attached hydrogens (tertiary/aromatic N) is 2. The van der Waals surface area contributed by atoms with Crippen LogP contribution in [0.1, 0.15) is 24.4 Å². The molecule has 3 aliphatic heterocycles. The van der Waals surface area contributed by atoms with Crippen molar-refractivity contribution >= 4 is 22.8 Å². The molecule has 0 bridgehead atoms. The summed E-state index contributed by atoms with van der Waals surface area (Å²) in [6, 6.07) is 10.4. The molecule has 0 saturated carbocycles. The molecule has 4 nitrogen and oxygen atoms in total. The molecule has 3 heterocycles. The van der Waals surface area contributed by atoms with Crippen LogP contribution in [0.15, 0.2) is 35.3 Å². The number of amidine groups is 1. The van der Waals surface area contributed by atoms with Gasteiger partial charge in [0.05, 0.1) is 11.8 Å². The predicted octanol–water partition coefficient (Wildman–Crippen LogP) is 2.43. The third-order valence-corrected chi connectivity index (χ3v) is 5.15. The van der Waals surface area contributed by atoms with Gasteiger partial charge in [0.1, 0.15) is 0 Å². The molecule has 104 valence electrons. The first-order chi connectivity index (χ1) is 9.84.